The second-order valence-corrected chi connectivity index (χ2v) is 15.9. The zero-order valence-corrected chi connectivity index (χ0v) is 34.8. The van der Waals surface area contributed by atoms with Crippen LogP contribution in [0.15, 0.2) is 158 Å². The standard InChI is InChI=1S/C51H38BN5O.Pt/c1-51(2,3)36-26-28-53-48(30-36)57-44-21-12-11-18-41(44)42-24-22-37(31-46(42)57)58-38-23-25-43-47(32-38)55-33-54(4)45-27-29-56(50(45)55)52(43)49-39(34-14-7-5-8-15-34)19-13-20-40(49)35-16-9-6-10-17-35;/h5-30H,1-4H3;/q-2;/i4D3;. The minimum Gasteiger partial charge on any atom is -0.510 e. The molecule has 0 radical (unpaired) electrons. The summed E-state index contributed by atoms with van der Waals surface area (Å²) in [7, 11) is 0. The van der Waals surface area contributed by atoms with E-state index in [0.717, 1.165) is 60.8 Å². The molecule has 6 nitrogen and oxygen atoms in total. The molecule has 10 aromatic rings. The molecule has 8 heteroatoms. The molecular formula is C51H38BN5OPt-2. The molecule has 11 rings (SSSR count). The van der Waals surface area contributed by atoms with Gasteiger partial charge in [-0.2, -0.15) is 12.1 Å². The largest absolute Gasteiger partial charge is 0.510 e. The third-order valence-electron chi connectivity index (χ3n) is 11.4. The zero-order chi connectivity index (χ0) is 41.6. The van der Waals surface area contributed by atoms with E-state index >= 15 is 0 Å². The van der Waals surface area contributed by atoms with Crippen LogP contribution in [0.25, 0.3) is 66.7 Å². The van der Waals surface area contributed by atoms with Gasteiger partial charge in [0.25, 0.3) is 0 Å². The SMILES string of the molecule is [2H]C([2H])([2H])[n+]1[c-]n2c3c1ccn3B(c1c(-c3ccccc3)cccc1-c1ccccc1)c1ccc(Oc3[c-]c4c(cc3)c3ccccc3n4-c3cc(C(C)(C)C)ccn3)[c-]c1-2.[Pt]. The van der Waals surface area contributed by atoms with Crippen molar-refractivity contribution in [2.75, 3.05) is 0 Å². The maximum atomic E-state index is 8.48. The predicted molar refractivity (Wildman–Crippen MR) is 234 cm³/mol. The number of imidazole rings is 1. The van der Waals surface area contributed by atoms with Gasteiger partial charge in [-0.3, -0.25) is 0 Å². The van der Waals surface area contributed by atoms with Crippen LogP contribution in [-0.2, 0) is 33.5 Å². The van der Waals surface area contributed by atoms with Gasteiger partial charge in [-0.25, -0.2) is 4.98 Å². The second-order valence-electron chi connectivity index (χ2n) is 15.9. The smallest absolute Gasteiger partial charge is 0.245 e. The van der Waals surface area contributed by atoms with E-state index in [1.165, 1.54) is 10.1 Å². The Kier molecular flexibility index (Phi) is 8.04. The monoisotopic (exact) mass is 945 g/mol. The normalized spacial score (nSPS) is 13.2. The predicted octanol–water partition coefficient (Wildman–Crippen LogP) is 9.54. The Bertz CT molecular complexity index is 3270. The Morgan fingerprint density at radius 1 is 0.729 bits per heavy atom. The van der Waals surface area contributed by atoms with Gasteiger partial charge in [0.05, 0.1) is 16.6 Å². The van der Waals surface area contributed by atoms with Crippen LogP contribution in [0.2, 0.25) is 0 Å². The average molecular weight is 946 g/mol. The van der Waals surface area contributed by atoms with Crippen molar-refractivity contribution in [2.45, 2.75) is 26.2 Å². The molecule has 1 aliphatic heterocycles. The number of benzene rings is 6. The van der Waals surface area contributed by atoms with Gasteiger partial charge in [0.2, 0.25) is 13.2 Å². The van der Waals surface area contributed by atoms with Gasteiger partial charge >= 0.3 is 0 Å². The fourth-order valence-corrected chi connectivity index (χ4v) is 8.68. The van der Waals surface area contributed by atoms with Gasteiger partial charge in [0.15, 0.2) is 0 Å². The summed E-state index contributed by atoms with van der Waals surface area (Å²) in [6.07, 6.45) is 7.05. The van der Waals surface area contributed by atoms with E-state index in [-0.39, 0.29) is 33.3 Å². The Morgan fingerprint density at radius 2 is 1.42 bits per heavy atom. The van der Waals surface area contributed by atoms with E-state index in [0.29, 0.717) is 28.4 Å². The van der Waals surface area contributed by atoms with Crippen molar-refractivity contribution in [1.82, 2.24) is 18.6 Å². The molecular weight excluding hydrogens is 904 g/mol. The molecule has 6 aromatic carbocycles. The Balaban J connectivity index is 0.00000458. The number of ether oxygens (including phenoxy) is 1. The summed E-state index contributed by atoms with van der Waals surface area (Å²) in [5, 5.41) is 2.13. The summed E-state index contributed by atoms with van der Waals surface area (Å²) in [6.45, 7) is 3.78. The van der Waals surface area contributed by atoms with E-state index in [1.807, 2.05) is 59.4 Å². The van der Waals surface area contributed by atoms with Gasteiger partial charge < -0.3 is 22.9 Å². The summed E-state index contributed by atoms with van der Waals surface area (Å²) in [5.74, 6) is 1.77. The number of fused-ring (bicyclic) bond motifs is 5. The van der Waals surface area contributed by atoms with Gasteiger partial charge in [-0.15, -0.1) is 35.1 Å². The average Bonchev–Trinajstić information content (AvgIpc) is 3.97. The van der Waals surface area contributed by atoms with Crippen molar-refractivity contribution in [3.05, 3.63) is 182 Å². The van der Waals surface area contributed by atoms with Crippen molar-refractivity contribution in [3.63, 3.8) is 0 Å². The Hall–Kier alpha value is -6.43. The van der Waals surface area contributed by atoms with Crippen molar-refractivity contribution < 1.29 is 34.5 Å². The van der Waals surface area contributed by atoms with Crippen molar-refractivity contribution >= 4 is 50.7 Å². The number of nitrogens with zero attached hydrogens (tertiary/aromatic N) is 5. The molecule has 288 valence electrons. The number of hydrogen-bond donors (Lipinski definition) is 0. The fraction of sp³-hybridized carbons (Fsp3) is 0.0980. The first-order valence-corrected chi connectivity index (χ1v) is 19.5. The van der Waals surface area contributed by atoms with Crippen LogP contribution in [0, 0.1) is 18.5 Å². The van der Waals surface area contributed by atoms with Gasteiger partial charge in [-0.05, 0) is 74.5 Å². The molecule has 0 aliphatic carbocycles. The maximum Gasteiger partial charge on any atom is 0.245 e. The van der Waals surface area contributed by atoms with Crippen LogP contribution in [0.3, 0.4) is 0 Å². The molecule has 59 heavy (non-hydrogen) atoms. The summed E-state index contributed by atoms with van der Waals surface area (Å²) in [4.78, 5) is 4.84. The Morgan fingerprint density at radius 3 is 2.15 bits per heavy atom. The summed E-state index contributed by atoms with van der Waals surface area (Å²) < 4.78 is 39.5. The fourth-order valence-electron chi connectivity index (χ4n) is 8.68. The Labute approximate surface area is 362 Å². The van der Waals surface area contributed by atoms with E-state index < -0.39 is 6.98 Å². The van der Waals surface area contributed by atoms with E-state index in [4.69, 9.17) is 13.8 Å². The second kappa shape index (κ2) is 14.1. The van der Waals surface area contributed by atoms with Gasteiger partial charge in [-0.1, -0.05) is 129 Å². The number of para-hydroxylation sites is 1. The molecule has 0 unspecified atom stereocenters. The van der Waals surface area contributed by atoms with E-state index in [1.54, 1.807) is 0 Å². The van der Waals surface area contributed by atoms with Crippen LogP contribution >= 0.6 is 0 Å². The molecule has 0 amide bonds. The van der Waals surface area contributed by atoms with E-state index in [2.05, 4.69) is 151 Å². The first-order valence-electron chi connectivity index (χ1n) is 21.0. The van der Waals surface area contributed by atoms with E-state index in [9.17, 15) is 0 Å². The summed E-state index contributed by atoms with van der Waals surface area (Å²) >= 11 is 0. The topological polar surface area (TPSA) is 40.8 Å². The van der Waals surface area contributed by atoms with Gasteiger partial charge in [0.1, 0.15) is 11.5 Å². The van der Waals surface area contributed by atoms with Crippen LogP contribution in [0.4, 0.5) is 0 Å². The number of aryl methyl sites for hydroxylation is 1. The third kappa shape index (κ3) is 5.98. The zero-order valence-electron chi connectivity index (χ0n) is 35.5. The number of rotatable bonds is 6. The quantitative estimate of drug-likeness (QED) is 0.0948. The van der Waals surface area contributed by atoms with Crippen LogP contribution < -0.4 is 20.2 Å². The minimum atomic E-state index is -2.47. The maximum absolute atomic E-state index is 8.48. The number of aromatic nitrogens is 5. The minimum absolute atomic E-state index is 0. The first-order chi connectivity index (χ1) is 29.5. The molecule has 0 fully saturated rings. The molecule has 5 heterocycles. The molecule has 0 bridgehead atoms. The first kappa shape index (κ1) is 33.5. The van der Waals surface area contributed by atoms with Crippen molar-refractivity contribution in [2.24, 2.45) is 6.98 Å². The number of hydrogen-bond acceptors (Lipinski definition) is 2. The summed E-state index contributed by atoms with van der Waals surface area (Å²) in [5.41, 5.74) is 11.2. The molecule has 0 atom stereocenters. The van der Waals surface area contributed by atoms with Gasteiger partial charge in [0, 0.05) is 44.3 Å². The third-order valence-corrected chi connectivity index (χ3v) is 11.4. The molecule has 1 aliphatic rings. The summed E-state index contributed by atoms with van der Waals surface area (Å²) in [6, 6.07) is 56.9. The van der Waals surface area contributed by atoms with Crippen molar-refractivity contribution in [3.8, 4) is 45.3 Å². The molecule has 0 spiro atoms. The molecule has 0 N–H and O–H groups in total. The van der Waals surface area contributed by atoms with Crippen LogP contribution in [-0.4, -0.2) is 25.4 Å². The molecule has 0 saturated carbocycles. The molecule has 0 saturated heterocycles. The van der Waals surface area contributed by atoms with Crippen LogP contribution in [0.5, 0.6) is 11.5 Å². The molecule has 4 aromatic heterocycles. The van der Waals surface area contributed by atoms with Crippen LogP contribution in [0.1, 0.15) is 30.4 Å². The van der Waals surface area contributed by atoms with Crippen molar-refractivity contribution in [1.29, 1.82) is 0 Å². The number of pyridine rings is 1.